The molecule has 1 aromatic heterocycles. The molecule has 106 valence electrons. The highest BCUT2D eigenvalue weighted by Gasteiger charge is 2.17. The van der Waals surface area contributed by atoms with Crippen LogP contribution in [0.4, 0.5) is 4.39 Å². The molecule has 0 aliphatic carbocycles. The number of halogens is 1. The topological polar surface area (TPSA) is 51.5 Å². The maximum absolute atomic E-state index is 13.0. The average molecular weight is 277 g/mol. The van der Waals surface area contributed by atoms with Crippen LogP contribution in [0.15, 0.2) is 30.3 Å². The standard InChI is InChI=1S/C15H16FNO3/c1-10-13(15(18)19)9-14(17(10)7-8-20-2)11-3-5-12(16)6-4-11/h3-6,9H,7-8H2,1-2H3,(H,18,19). The minimum Gasteiger partial charge on any atom is -0.478 e. The molecule has 0 saturated carbocycles. The monoisotopic (exact) mass is 277 g/mol. The van der Waals surface area contributed by atoms with E-state index in [9.17, 15) is 14.3 Å². The molecule has 1 heterocycles. The summed E-state index contributed by atoms with van der Waals surface area (Å²) in [6.45, 7) is 2.78. The van der Waals surface area contributed by atoms with Crippen LogP contribution in [0.1, 0.15) is 16.1 Å². The van der Waals surface area contributed by atoms with Crippen molar-refractivity contribution in [2.75, 3.05) is 13.7 Å². The van der Waals surface area contributed by atoms with Crippen LogP contribution in [0.25, 0.3) is 11.3 Å². The quantitative estimate of drug-likeness (QED) is 0.914. The van der Waals surface area contributed by atoms with Gasteiger partial charge in [-0.15, -0.1) is 0 Å². The molecular weight excluding hydrogens is 261 g/mol. The van der Waals surface area contributed by atoms with Crippen LogP contribution < -0.4 is 0 Å². The van der Waals surface area contributed by atoms with Gasteiger partial charge in [0.05, 0.1) is 12.2 Å². The van der Waals surface area contributed by atoms with Gasteiger partial charge >= 0.3 is 5.97 Å². The summed E-state index contributed by atoms with van der Waals surface area (Å²) in [5.74, 6) is -1.29. The molecule has 0 aliphatic heterocycles. The molecule has 0 unspecified atom stereocenters. The summed E-state index contributed by atoms with van der Waals surface area (Å²) in [5.41, 5.74) is 2.43. The number of aromatic nitrogens is 1. The van der Waals surface area contributed by atoms with E-state index in [1.165, 1.54) is 12.1 Å². The maximum Gasteiger partial charge on any atom is 0.337 e. The first-order valence-corrected chi connectivity index (χ1v) is 6.23. The van der Waals surface area contributed by atoms with E-state index in [1.807, 2.05) is 4.57 Å². The van der Waals surface area contributed by atoms with Crippen molar-refractivity contribution in [1.82, 2.24) is 4.57 Å². The first-order chi connectivity index (χ1) is 9.54. The number of carboxylic acids is 1. The molecule has 2 aromatic rings. The summed E-state index contributed by atoms with van der Waals surface area (Å²) >= 11 is 0. The third-order valence-electron chi connectivity index (χ3n) is 3.26. The van der Waals surface area contributed by atoms with Crippen LogP contribution in [0, 0.1) is 12.7 Å². The van der Waals surface area contributed by atoms with E-state index >= 15 is 0 Å². The first kappa shape index (κ1) is 14.3. The second-order valence-corrected chi connectivity index (χ2v) is 4.49. The molecule has 0 bridgehead atoms. The van der Waals surface area contributed by atoms with Crippen molar-refractivity contribution in [2.24, 2.45) is 0 Å². The van der Waals surface area contributed by atoms with Crippen molar-refractivity contribution in [3.05, 3.63) is 47.4 Å². The Bertz CT molecular complexity index is 617. The summed E-state index contributed by atoms with van der Waals surface area (Å²) < 4.78 is 19.9. The number of carboxylic acid groups (broad SMARTS) is 1. The average Bonchev–Trinajstić information content (AvgIpc) is 2.75. The number of hydrogen-bond donors (Lipinski definition) is 1. The van der Waals surface area contributed by atoms with Crippen molar-refractivity contribution in [2.45, 2.75) is 13.5 Å². The number of benzene rings is 1. The van der Waals surface area contributed by atoms with E-state index in [1.54, 1.807) is 32.2 Å². The van der Waals surface area contributed by atoms with Crippen molar-refractivity contribution in [3.63, 3.8) is 0 Å². The van der Waals surface area contributed by atoms with E-state index in [0.29, 0.717) is 18.8 Å². The molecule has 0 aliphatic rings. The van der Waals surface area contributed by atoms with Gasteiger partial charge in [-0.25, -0.2) is 9.18 Å². The Labute approximate surface area is 116 Å². The Kier molecular flexibility index (Phi) is 4.20. The summed E-state index contributed by atoms with van der Waals surface area (Å²) in [5, 5.41) is 9.22. The highest BCUT2D eigenvalue weighted by atomic mass is 19.1. The van der Waals surface area contributed by atoms with Gasteiger partial charge in [-0.05, 0) is 42.8 Å². The van der Waals surface area contributed by atoms with Gasteiger partial charge < -0.3 is 14.4 Å². The molecule has 4 nitrogen and oxygen atoms in total. The van der Waals surface area contributed by atoms with Gasteiger partial charge in [-0.1, -0.05) is 0 Å². The summed E-state index contributed by atoms with van der Waals surface area (Å²) in [7, 11) is 1.59. The molecule has 1 N–H and O–H groups in total. The minimum absolute atomic E-state index is 0.250. The lowest BCUT2D eigenvalue weighted by Gasteiger charge is -2.11. The fourth-order valence-corrected chi connectivity index (χ4v) is 2.19. The van der Waals surface area contributed by atoms with Crippen molar-refractivity contribution in [3.8, 4) is 11.3 Å². The zero-order valence-corrected chi connectivity index (χ0v) is 11.4. The van der Waals surface area contributed by atoms with E-state index in [4.69, 9.17) is 4.74 Å². The number of hydrogen-bond acceptors (Lipinski definition) is 2. The number of aromatic carboxylic acids is 1. The highest BCUT2D eigenvalue weighted by Crippen LogP contribution is 2.26. The smallest absolute Gasteiger partial charge is 0.337 e. The van der Waals surface area contributed by atoms with Gasteiger partial charge in [0, 0.05) is 25.0 Å². The third-order valence-corrected chi connectivity index (χ3v) is 3.26. The van der Waals surface area contributed by atoms with Gasteiger partial charge in [-0.2, -0.15) is 0 Å². The molecule has 5 heteroatoms. The first-order valence-electron chi connectivity index (χ1n) is 6.23. The summed E-state index contributed by atoms with van der Waals surface area (Å²) in [6, 6.07) is 7.61. The molecule has 0 atom stereocenters. The molecule has 0 saturated heterocycles. The molecule has 0 radical (unpaired) electrons. The van der Waals surface area contributed by atoms with Crippen LogP contribution in [0.2, 0.25) is 0 Å². The highest BCUT2D eigenvalue weighted by molar-refractivity contribution is 5.91. The lowest BCUT2D eigenvalue weighted by Crippen LogP contribution is -2.08. The van der Waals surface area contributed by atoms with E-state index in [0.717, 1.165) is 11.3 Å². The van der Waals surface area contributed by atoms with E-state index in [-0.39, 0.29) is 11.4 Å². The molecule has 0 amide bonds. The van der Waals surface area contributed by atoms with Crippen molar-refractivity contribution >= 4 is 5.97 Å². The van der Waals surface area contributed by atoms with Gasteiger partial charge in [0.1, 0.15) is 5.82 Å². The third kappa shape index (κ3) is 2.72. The minimum atomic E-state index is -0.970. The Morgan fingerprint density at radius 3 is 2.55 bits per heavy atom. The number of carbonyl (C=O) groups is 1. The SMILES string of the molecule is COCCn1c(-c2ccc(F)cc2)cc(C(=O)O)c1C. The van der Waals surface area contributed by atoms with Crippen LogP contribution in [0.3, 0.4) is 0 Å². The predicted molar refractivity (Wildman–Crippen MR) is 73.4 cm³/mol. The largest absolute Gasteiger partial charge is 0.478 e. The summed E-state index contributed by atoms with van der Waals surface area (Å²) in [6.07, 6.45) is 0. The lowest BCUT2D eigenvalue weighted by molar-refractivity contribution is 0.0696. The number of methoxy groups -OCH3 is 1. The fourth-order valence-electron chi connectivity index (χ4n) is 2.19. The second kappa shape index (κ2) is 5.88. The van der Waals surface area contributed by atoms with Crippen LogP contribution in [-0.2, 0) is 11.3 Å². The van der Waals surface area contributed by atoms with E-state index in [2.05, 4.69) is 0 Å². The van der Waals surface area contributed by atoms with Crippen LogP contribution >= 0.6 is 0 Å². The zero-order chi connectivity index (χ0) is 14.7. The Balaban J connectivity index is 2.52. The predicted octanol–water partition coefficient (Wildman–Crippen LogP) is 2.95. The summed E-state index contributed by atoms with van der Waals surface area (Å²) in [4.78, 5) is 11.2. The van der Waals surface area contributed by atoms with Gasteiger partial charge in [0.2, 0.25) is 0 Å². The molecule has 2 rings (SSSR count). The zero-order valence-electron chi connectivity index (χ0n) is 11.4. The number of nitrogens with zero attached hydrogens (tertiary/aromatic N) is 1. The van der Waals surface area contributed by atoms with Gasteiger partial charge in [0.15, 0.2) is 0 Å². The Hall–Kier alpha value is -2.14. The Morgan fingerprint density at radius 1 is 1.35 bits per heavy atom. The second-order valence-electron chi connectivity index (χ2n) is 4.49. The molecule has 0 fully saturated rings. The van der Waals surface area contributed by atoms with Gasteiger partial charge in [0.25, 0.3) is 0 Å². The maximum atomic E-state index is 13.0. The Morgan fingerprint density at radius 2 is 2.00 bits per heavy atom. The van der Waals surface area contributed by atoms with Crippen LogP contribution in [0.5, 0.6) is 0 Å². The van der Waals surface area contributed by atoms with Crippen LogP contribution in [-0.4, -0.2) is 29.4 Å². The molecule has 20 heavy (non-hydrogen) atoms. The van der Waals surface area contributed by atoms with E-state index < -0.39 is 5.97 Å². The molecule has 1 aromatic carbocycles. The fraction of sp³-hybridized carbons (Fsp3) is 0.267. The van der Waals surface area contributed by atoms with Crippen molar-refractivity contribution in [1.29, 1.82) is 0 Å². The number of ether oxygens (including phenoxy) is 1. The normalized spacial score (nSPS) is 10.8. The van der Waals surface area contributed by atoms with Gasteiger partial charge in [-0.3, -0.25) is 0 Å². The van der Waals surface area contributed by atoms with Crippen molar-refractivity contribution < 1.29 is 19.0 Å². The molecule has 0 spiro atoms. The number of rotatable bonds is 5. The lowest BCUT2D eigenvalue weighted by atomic mass is 10.1. The molecular formula is C15H16FNO3.